The van der Waals surface area contributed by atoms with Crippen LogP contribution in [0.4, 0.5) is 0 Å². The molecule has 0 spiro atoms. The summed E-state index contributed by atoms with van der Waals surface area (Å²) in [6.07, 6.45) is 0. The lowest BCUT2D eigenvalue weighted by Crippen LogP contribution is -1.99. The highest BCUT2D eigenvalue weighted by molar-refractivity contribution is 7.09. The molecule has 4 nitrogen and oxygen atoms in total. The van der Waals surface area contributed by atoms with Crippen LogP contribution in [0.1, 0.15) is 21.1 Å². The van der Waals surface area contributed by atoms with Gasteiger partial charge in [0.2, 0.25) is 0 Å². The van der Waals surface area contributed by atoms with E-state index in [-0.39, 0.29) is 10.6 Å². The second-order valence-electron chi connectivity index (χ2n) is 3.62. The van der Waals surface area contributed by atoms with Gasteiger partial charge < -0.3 is 9.84 Å². The predicted molar refractivity (Wildman–Crippen MR) is 69.6 cm³/mol. The average molecular weight is 284 g/mol. The topological polar surface area (TPSA) is 59.4 Å². The van der Waals surface area contributed by atoms with Gasteiger partial charge in [0.15, 0.2) is 0 Å². The van der Waals surface area contributed by atoms with Gasteiger partial charge in [-0.1, -0.05) is 11.6 Å². The molecule has 0 fully saturated rings. The number of nitrogens with zero attached hydrogens (tertiary/aromatic N) is 1. The van der Waals surface area contributed by atoms with E-state index in [4.69, 9.17) is 21.4 Å². The zero-order chi connectivity index (χ0) is 13.1. The number of benzene rings is 1. The first-order valence-corrected chi connectivity index (χ1v) is 6.38. The maximum Gasteiger partial charge on any atom is 0.335 e. The van der Waals surface area contributed by atoms with Gasteiger partial charge in [-0.2, -0.15) is 0 Å². The van der Waals surface area contributed by atoms with Gasteiger partial charge in [0, 0.05) is 11.1 Å². The molecule has 1 aromatic heterocycles. The second-order valence-corrected chi connectivity index (χ2v) is 4.97. The Kier molecular flexibility index (Phi) is 3.84. The van der Waals surface area contributed by atoms with E-state index in [0.29, 0.717) is 12.4 Å². The predicted octanol–water partition coefficient (Wildman–Crippen LogP) is 3.38. The number of hydrogen-bond acceptors (Lipinski definition) is 4. The Morgan fingerprint density at radius 3 is 2.89 bits per heavy atom. The third-order valence-corrected chi connectivity index (χ3v) is 3.43. The lowest BCUT2D eigenvalue weighted by molar-refractivity contribution is 0.0697. The SMILES string of the molecule is Cc1csc(COc2ccc(C(=O)O)cc2Cl)n1. The molecule has 1 heterocycles. The Balaban J connectivity index is 2.08. The Labute approximate surface area is 113 Å². The van der Waals surface area contributed by atoms with Crippen molar-refractivity contribution in [3.05, 3.63) is 44.9 Å². The number of carboxylic acid groups (broad SMARTS) is 1. The number of ether oxygens (including phenoxy) is 1. The number of halogens is 1. The van der Waals surface area contributed by atoms with Gasteiger partial charge in [-0.15, -0.1) is 11.3 Å². The molecule has 1 aromatic carbocycles. The fourth-order valence-electron chi connectivity index (χ4n) is 1.36. The molecular formula is C12H10ClNO3S. The number of aryl methyl sites for hydroxylation is 1. The number of hydrogen-bond donors (Lipinski definition) is 1. The van der Waals surface area contributed by atoms with Gasteiger partial charge in [-0.25, -0.2) is 9.78 Å². The van der Waals surface area contributed by atoms with Crippen molar-refractivity contribution in [2.24, 2.45) is 0 Å². The highest BCUT2D eigenvalue weighted by Crippen LogP contribution is 2.26. The van der Waals surface area contributed by atoms with Crippen LogP contribution >= 0.6 is 22.9 Å². The van der Waals surface area contributed by atoms with Crippen molar-refractivity contribution in [2.45, 2.75) is 13.5 Å². The first kappa shape index (κ1) is 12.9. The number of carbonyl (C=O) groups is 1. The molecule has 0 bridgehead atoms. The fourth-order valence-corrected chi connectivity index (χ4v) is 2.28. The van der Waals surface area contributed by atoms with E-state index >= 15 is 0 Å². The minimum absolute atomic E-state index is 0.137. The van der Waals surface area contributed by atoms with Crippen molar-refractivity contribution < 1.29 is 14.6 Å². The van der Waals surface area contributed by atoms with Crippen LogP contribution in [0.3, 0.4) is 0 Å². The molecule has 0 aliphatic heterocycles. The molecule has 94 valence electrons. The molecule has 0 aliphatic rings. The molecule has 2 rings (SSSR count). The summed E-state index contributed by atoms with van der Waals surface area (Å²) in [4.78, 5) is 15.0. The largest absolute Gasteiger partial charge is 0.485 e. The van der Waals surface area contributed by atoms with E-state index in [1.807, 2.05) is 12.3 Å². The summed E-state index contributed by atoms with van der Waals surface area (Å²) < 4.78 is 5.49. The lowest BCUT2D eigenvalue weighted by atomic mass is 10.2. The quantitative estimate of drug-likeness (QED) is 0.934. The summed E-state index contributed by atoms with van der Waals surface area (Å²) in [6, 6.07) is 4.37. The van der Waals surface area contributed by atoms with Crippen molar-refractivity contribution in [3.8, 4) is 5.75 Å². The number of rotatable bonds is 4. The molecule has 0 unspecified atom stereocenters. The molecule has 0 atom stereocenters. The zero-order valence-electron chi connectivity index (χ0n) is 9.51. The molecule has 0 saturated carbocycles. The van der Waals surface area contributed by atoms with Gasteiger partial charge in [-0.05, 0) is 25.1 Å². The Morgan fingerprint density at radius 2 is 2.33 bits per heavy atom. The smallest absolute Gasteiger partial charge is 0.335 e. The highest BCUT2D eigenvalue weighted by atomic mass is 35.5. The van der Waals surface area contributed by atoms with Crippen LogP contribution in [0.5, 0.6) is 5.75 Å². The van der Waals surface area contributed by atoms with E-state index in [1.165, 1.54) is 23.5 Å². The number of aromatic nitrogens is 1. The van der Waals surface area contributed by atoms with E-state index < -0.39 is 5.97 Å². The monoisotopic (exact) mass is 283 g/mol. The van der Waals surface area contributed by atoms with E-state index in [0.717, 1.165) is 10.7 Å². The number of aromatic carboxylic acids is 1. The van der Waals surface area contributed by atoms with Crippen LogP contribution in [-0.2, 0) is 6.61 Å². The lowest BCUT2D eigenvalue weighted by Gasteiger charge is -2.06. The van der Waals surface area contributed by atoms with Crippen molar-refractivity contribution in [3.63, 3.8) is 0 Å². The third kappa shape index (κ3) is 3.00. The standard InChI is InChI=1S/C12H10ClNO3S/c1-7-6-18-11(14-7)5-17-10-3-2-8(12(15)16)4-9(10)13/h2-4,6H,5H2,1H3,(H,15,16). The van der Waals surface area contributed by atoms with E-state index in [9.17, 15) is 4.79 Å². The first-order valence-electron chi connectivity index (χ1n) is 5.13. The second kappa shape index (κ2) is 5.37. The normalized spacial score (nSPS) is 10.3. The maximum absolute atomic E-state index is 10.7. The maximum atomic E-state index is 10.7. The van der Waals surface area contributed by atoms with Crippen molar-refractivity contribution >= 4 is 28.9 Å². The molecule has 0 saturated heterocycles. The van der Waals surface area contributed by atoms with E-state index in [2.05, 4.69) is 4.98 Å². The molecule has 18 heavy (non-hydrogen) atoms. The Morgan fingerprint density at radius 1 is 1.56 bits per heavy atom. The van der Waals surface area contributed by atoms with Crippen LogP contribution in [0, 0.1) is 6.92 Å². The summed E-state index contributed by atoms with van der Waals surface area (Å²) in [6.45, 7) is 2.24. The highest BCUT2D eigenvalue weighted by Gasteiger charge is 2.08. The van der Waals surface area contributed by atoms with Gasteiger partial charge in [0.25, 0.3) is 0 Å². The summed E-state index contributed by atoms with van der Waals surface area (Å²) >= 11 is 7.45. The zero-order valence-corrected chi connectivity index (χ0v) is 11.1. The van der Waals surface area contributed by atoms with Crippen LogP contribution < -0.4 is 4.74 Å². The summed E-state index contributed by atoms with van der Waals surface area (Å²) in [7, 11) is 0. The third-order valence-electron chi connectivity index (χ3n) is 2.20. The number of thiazole rings is 1. The Bertz CT molecular complexity index is 582. The van der Waals surface area contributed by atoms with Gasteiger partial charge in [-0.3, -0.25) is 0 Å². The average Bonchev–Trinajstić information content (AvgIpc) is 2.73. The van der Waals surface area contributed by atoms with Gasteiger partial charge >= 0.3 is 5.97 Å². The molecule has 1 N–H and O–H groups in total. The molecular weight excluding hydrogens is 274 g/mol. The Hall–Kier alpha value is -1.59. The number of carboxylic acids is 1. The fraction of sp³-hybridized carbons (Fsp3) is 0.167. The van der Waals surface area contributed by atoms with E-state index in [1.54, 1.807) is 6.07 Å². The minimum atomic E-state index is -1.01. The van der Waals surface area contributed by atoms with Crippen LogP contribution in [-0.4, -0.2) is 16.1 Å². The first-order chi connectivity index (χ1) is 8.56. The summed E-state index contributed by atoms with van der Waals surface area (Å²) in [5.41, 5.74) is 1.09. The van der Waals surface area contributed by atoms with Crippen molar-refractivity contribution in [1.29, 1.82) is 0 Å². The van der Waals surface area contributed by atoms with Crippen LogP contribution in [0.25, 0.3) is 0 Å². The minimum Gasteiger partial charge on any atom is -0.485 e. The summed E-state index contributed by atoms with van der Waals surface area (Å²) in [5, 5.41) is 11.9. The summed E-state index contributed by atoms with van der Waals surface area (Å²) in [5.74, 6) is -0.562. The molecule has 0 radical (unpaired) electrons. The van der Waals surface area contributed by atoms with Crippen molar-refractivity contribution in [1.82, 2.24) is 4.98 Å². The molecule has 0 amide bonds. The van der Waals surface area contributed by atoms with Crippen LogP contribution in [0.2, 0.25) is 5.02 Å². The molecule has 2 aromatic rings. The molecule has 6 heteroatoms. The molecule has 0 aliphatic carbocycles. The van der Waals surface area contributed by atoms with Gasteiger partial charge in [0.1, 0.15) is 17.4 Å². The van der Waals surface area contributed by atoms with Crippen LogP contribution in [0.15, 0.2) is 23.6 Å². The van der Waals surface area contributed by atoms with Gasteiger partial charge in [0.05, 0.1) is 10.6 Å². The van der Waals surface area contributed by atoms with Crippen molar-refractivity contribution in [2.75, 3.05) is 0 Å².